The van der Waals surface area contributed by atoms with Gasteiger partial charge in [0, 0.05) is 11.6 Å². The summed E-state index contributed by atoms with van der Waals surface area (Å²) in [5.74, 6) is -0.0379. The van der Waals surface area contributed by atoms with Crippen LogP contribution in [0.5, 0.6) is 0 Å². The number of nitrogens with two attached hydrogens (primary N) is 1. The van der Waals surface area contributed by atoms with Gasteiger partial charge in [-0.1, -0.05) is 29.9 Å². The molecule has 0 aliphatic rings. The van der Waals surface area contributed by atoms with Gasteiger partial charge in [-0.05, 0) is 18.2 Å². The van der Waals surface area contributed by atoms with Crippen molar-refractivity contribution in [2.75, 3.05) is 4.72 Å². The molecular formula is C11H9ClN4O3S2. The summed E-state index contributed by atoms with van der Waals surface area (Å²) < 4.78 is 26.6. The smallest absolute Gasteiger partial charge is 0.264 e. The first kappa shape index (κ1) is 15.4. The van der Waals surface area contributed by atoms with E-state index in [1.54, 1.807) is 0 Å². The van der Waals surface area contributed by atoms with Gasteiger partial charge < -0.3 is 5.73 Å². The van der Waals surface area contributed by atoms with Gasteiger partial charge >= 0.3 is 0 Å². The Hall–Kier alpha value is -1.97. The van der Waals surface area contributed by atoms with Crippen molar-refractivity contribution >= 4 is 44.6 Å². The number of thiocarbonyl (C=S) groups is 1. The lowest BCUT2D eigenvalue weighted by Gasteiger charge is -2.09. The molecular weight excluding hydrogens is 336 g/mol. The average molecular weight is 345 g/mol. The first-order valence-electron chi connectivity index (χ1n) is 5.47. The highest BCUT2D eigenvalue weighted by atomic mass is 35.5. The van der Waals surface area contributed by atoms with Crippen molar-refractivity contribution < 1.29 is 8.42 Å². The van der Waals surface area contributed by atoms with Crippen LogP contribution in [0.25, 0.3) is 0 Å². The first-order chi connectivity index (χ1) is 9.79. The molecule has 1 aromatic carbocycles. The standard InChI is InChI=1S/C11H9ClN4O3S2/c12-7-5-6(11(13)20)1-2-8(7)21(18,19)16-9-3-4-10(17)15-14-9/h1-5H,(H2,13,20)(H,14,16)(H,15,17). The van der Waals surface area contributed by atoms with Crippen molar-refractivity contribution in [2.45, 2.75) is 4.90 Å². The highest BCUT2D eigenvalue weighted by Crippen LogP contribution is 2.24. The van der Waals surface area contributed by atoms with E-state index in [-0.39, 0.29) is 20.7 Å². The quantitative estimate of drug-likeness (QED) is 0.708. The van der Waals surface area contributed by atoms with Gasteiger partial charge in [0.25, 0.3) is 15.6 Å². The number of rotatable bonds is 4. The van der Waals surface area contributed by atoms with E-state index < -0.39 is 15.6 Å². The Kier molecular flexibility index (Phi) is 4.26. The van der Waals surface area contributed by atoms with Gasteiger partial charge in [-0.15, -0.1) is 0 Å². The van der Waals surface area contributed by atoms with Crippen LogP contribution in [0, 0.1) is 0 Å². The molecule has 2 rings (SSSR count). The highest BCUT2D eigenvalue weighted by molar-refractivity contribution is 7.92. The number of benzene rings is 1. The summed E-state index contributed by atoms with van der Waals surface area (Å²) in [5.41, 5.74) is 5.45. The van der Waals surface area contributed by atoms with Gasteiger partial charge in [-0.2, -0.15) is 5.10 Å². The molecule has 0 aliphatic heterocycles. The Balaban J connectivity index is 2.37. The van der Waals surface area contributed by atoms with Gasteiger partial charge in [-0.25, -0.2) is 13.5 Å². The molecule has 0 aliphatic carbocycles. The van der Waals surface area contributed by atoms with Crippen molar-refractivity contribution in [2.24, 2.45) is 5.73 Å². The van der Waals surface area contributed by atoms with Crippen LogP contribution in [0.4, 0.5) is 5.82 Å². The van der Waals surface area contributed by atoms with Gasteiger partial charge in [0.1, 0.15) is 9.88 Å². The molecule has 1 aromatic heterocycles. The molecule has 10 heteroatoms. The maximum absolute atomic E-state index is 12.2. The van der Waals surface area contributed by atoms with Gasteiger partial charge in [0.05, 0.1) is 5.02 Å². The maximum Gasteiger partial charge on any atom is 0.264 e. The number of hydrogen-bond acceptors (Lipinski definition) is 5. The third-order valence-corrected chi connectivity index (χ3v) is 4.50. The van der Waals surface area contributed by atoms with E-state index in [4.69, 9.17) is 29.6 Å². The van der Waals surface area contributed by atoms with E-state index in [2.05, 4.69) is 14.9 Å². The van der Waals surface area contributed by atoms with Gasteiger partial charge in [0.15, 0.2) is 5.82 Å². The normalized spacial score (nSPS) is 11.1. The molecule has 0 amide bonds. The number of nitrogens with zero attached hydrogens (tertiary/aromatic N) is 1. The zero-order valence-electron chi connectivity index (χ0n) is 10.3. The molecule has 2 aromatic rings. The SMILES string of the molecule is NC(=S)c1ccc(S(=O)(=O)Nc2ccc(=O)[nH]n2)c(Cl)c1. The van der Waals surface area contributed by atoms with E-state index in [1.165, 1.54) is 24.3 Å². The predicted molar refractivity (Wildman–Crippen MR) is 83.0 cm³/mol. The molecule has 1 heterocycles. The molecule has 4 N–H and O–H groups in total. The fourth-order valence-electron chi connectivity index (χ4n) is 1.47. The summed E-state index contributed by atoms with van der Waals surface area (Å²) in [6.07, 6.45) is 0. The van der Waals surface area contributed by atoms with Gasteiger partial charge in [-0.3, -0.25) is 9.52 Å². The monoisotopic (exact) mass is 344 g/mol. The Morgan fingerprint density at radius 1 is 1.33 bits per heavy atom. The molecule has 0 spiro atoms. The van der Waals surface area contributed by atoms with E-state index in [0.717, 1.165) is 6.07 Å². The predicted octanol–water partition coefficient (Wildman–Crippen LogP) is 0.858. The number of halogens is 1. The number of hydrogen-bond donors (Lipinski definition) is 3. The van der Waals surface area contributed by atoms with Crippen molar-refractivity contribution in [1.29, 1.82) is 0 Å². The van der Waals surface area contributed by atoms with E-state index in [9.17, 15) is 13.2 Å². The molecule has 110 valence electrons. The summed E-state index contributed by atoms with van der Waals surface area (Å²) in [6, 6.07) is 6.46. The zero-order valence-corrected chi connectivity index (χ0v) is 12.7. The van der Waals surface area contributed by atoms with Crippen LogP contribution in [0.15, 0.2) is 40.0 Å². The molecule has 0 unspecified atom stereocenters. The molecule has 0 saturated heterocycles. The second kappa shape index (κ2) is 5.80. The molecule has 0 atom stereocenters. The summed E-state index contributed by atoms with van der Waals surface area (Å²) in [5, 5.41) is 5.64. The topological polar surface area (TPSA) is 118 Å². The summed E-state index contributed by atoms with van der Waals surface area (Å²) in [6.45, 7) is 0. The van der Waals surface area contributed by atoms with Crippen LogP contribution >= 0.6 is 23.8 Å². The molecule has 0 bridgehead atoms. The molecule has 0 fully saturated rings. The lowest BCUT2D eigenvalue weighted by atomic mass is 10.2. The highest BCUT2D eigenvalue weighted by Gasteiger charge is 2.19. The van der Waals surface area contributed by atoms with E-state index in [0.29, 0.717) is 5.56 Å². The summed E-state index contributed by atoms with van der Waals surface area (Å²) in [7, 11) is -3.95. The van der Waals surface area contributed by atoms with Gasteiger partial charge in [0.2, 0.25) is 0 Å². The van der Waals surface area contributed by atoms with Crippen molar-refractivity contribution in [1.82, 2.24) is 10.2 Å². The Labute approximate surface area is 130 Å². The third kappa shape index (κ3) is 3.57. The summed E-state index contributed by atoms with van der Waals surface area (Å²) >= 11 is 10.7. The Morgan fingerprint density at radius 3 is 2.57 bits per heavy atom. The van der Waals surface area contributed by atoms with Crippen LogP contribution in [0.2, 0.25) is 5.02 Å². The molecule has 0 radical (unpaired) electrons. The van der Waals surface area contributed by atoms with Crippen LogP contribution < -0.4 is 16.0 Å². The number of anilines is 1. The van der Waals surface area contributed by atoms with Crippen molar-refractivity contribution in [3.63, 3.8) is 0 Å². The molecule has 21 heavy (non-hydrogen) atoms. The maximum atomic E-state index is 12.2. The third-order valence-electron chi connectivity index (χ3n) is 2.42. The molecule has 0 saturated carbocycles. The number of H-pyrrole nitrogens is 1. The number of sulfonamides is 1. The lowest BCUT2D eigenvalue weighted by molar-refractivity contribution is 0.601. The lowest BCUT2D eigenvalue weighted by Crippen LogP contribution is -2.17. The minimum Gasteiger partial charge on any atom is -0.389 e. The van der Waals surface area contributed by atoms with Crippen molar-refractivity contribution in [3.8, 4) is 0 Å². The fourth-order valence-corrected chi connectivity index (χ4v) is 3.14. The average Bonchev–Trinajstić information content (AvgIpc) is 2.40. The van der Waals surface area contributed by atoms with Crippen LogP contribution in [-0.2, 0) is 10.0 Å². The molecule has 7 nitrogen and oxygen atoms in total. The van der Waals surface area contributed by atoms with E-state index >= 15 is 0 Å². The van der Waals surface area contributed by atoms with Crippen molar-refractivity contribution in [3.05, 3.63) is 51.3 Å². The fraction of sp³-hybridized carbons (Fsp3) is 0. The number of aromatic nitrogens is 2. The first-order valence-corrected chi connectivity index (χ1v) is 7.74. The van der Waals surface area contributed by atoms with Crippen LogP contribution in [0.3, 0.4) is 0 Å². The second-order valence-electron chi connectivity index (χ2n) is 3.92. The Morgan fingerprint density at radius 2 is 2.05 bits per heavy atom. The Bertz CT molecular complexity index is 844. The number of nitrogens with one attached hydrogen (secondary N) is 2. The minimum absolute atomic E-state index is 0.0303. The zero-order chi connectivity index (χ0) is 15.6. The number of aromatic amines is 1. The van der Waals surface area contributed by atoms with Crippen LogP contribution in [-0.4, -0.2) is 23.6 Å². The summed E-state index contributed by atoms with van der Waals surface area (Å²) in [4.78, 5) is 10.8. The second-order valence-corrected chi connectivity index (χ2v) is 6.42. The minimum atomic E-state index is -3.95. The largest absolute Gasteiger partial charge is 0.389 e. The van der Waals surface area contributed by atoms with E-state index in [1.807, 2.05) is 0 Å². The van der Waals surface area contributed by atoms with Crippen LogP contribution in [0.1, 0.15) is 5.56 Å².